The maximum absolute atomic E-state index is 5.76. The maximum atomic E-state index is 5.76. The van der Waals surface area contributed by atoms with Crippen LogP contribution in [0.15, 0.2) is 18.5 Å². The van der Waals surface area contributed by atoms with Gasteiger partial charge in [0.05, 0.1) is 6.54 Å². The molecule has 3 rings (SSSR count). The zero-order chi connectivity index (χ0) is 13.2. The quantitative estimate of drug-likeness (QED) is 0.878. The number of aromatic nitrogens is 4. The van der Waals surface area contributed by atoms with Crippen molar-refractivity contribution in [3.05, 3.63) is 35.5 Å². The molecule has 0 atom stereocenters. The van der Waals surface area contributed by atoms with E-state index in [9.17, 15) is 0 Å². The van der Waals surface area contributed by atoms with Gasteiger partial charge in [-0.15, -0.1) is 10.2 Å². The topological polar surface area (TPSA) is 72.9 Å². The molecular formula is C13H18N6. The minimum atomic E-state index is 0.548. The highest BCUT2D eigenvalue weighted by atomic mass is 15.3. The summed E-state index contributed by atoms with van der Waals surface area (Å²) in [6.07, 6.45) is 2.71. The molecule has 3 heterocycles. The summed E-state index contributed by atoms with van der Waals surface area (Å²) in [6, 6.07) is 4.15. The fraction of sp³-hybridized carbons (Fsp3) is 0.462. The number of aryl methyl sites for hydroxylation is 1. The molecular weight excluding hydrogens is 240 g/mol. The minimum Gasteiger partial charge on any atom is -0.347 e. The molecule has 0 unspecified atom stereocenters. The van der Waals surface area contributed by atoms with Gasteiger partial charge in [0.2, 0.25) is 0 Å². The average Bonchev–Trinajstić information content (AvgIpc) is 2.94. The number of pyridine rings is 1. The molecule has 0 aliphatic carbocycles. The van der Waals surface area contributed by atoms with E-state index in [0.29, 0.717) is 6.54 Å². The molecule has 0 spiro atoms. The van der Waals surface area contributed by atoms with Crippen molar-refractivity contribution in [2.75, 3.05) is 11.4 Å². The van der Waals surface area contributed by atoms with E-state index in [0.717, 1.165) is 49.0 Å². The highest BCUT2D eigenvalue weighted by molar-refractivity contribution is 5.43. The van der Waals surface area contributed by atoms with Crippen LogP contribution in [-0.2, 0) is 26.1 Å². The van der Waals surface area contributed by atoms with Crippen molar-refractivity contribution in [1.29, 1.82) is 0 Å². The lowest BCUT2D eigenvalue weighted by Gasteiger charge is -2.28. The van der Waals surface area contributed by atoms with Gasteiger partial charge in [-0.2, -0.15) is 0 Å². The summed E-state index contributed by atoms with van der Waals surface area (Å²) in [7, 11) is 0. The van der Waals surface area contributed by atoms with Gasteiger partial charge in [0.1, 0.15) is 12.1 Å². The van der Waals surface area contributed by atoms with Gasteiger partial charge in [0.25, 0.3) is 0 Å². The van der Waals surface area contributed by atoms with Crippen LogP contribution in [0.5, 0.6) is 0 Å². The Morgan fingerprint density at radius 2 is 2.21 bits per heavy atom. The van der Waals surface area contributed by atoms with Gasteiger partial charge >= 0.3 is 0 Å². The third kappa shape index (κ3) is 2.31. The van der Waals surface area contributed by atoms with Crippen LogP contribution in [0.2, 0.25) is 0 Å². The first-order valence-electron chi connectivity index (χ1n) is 6.61. The Hall–Kier alpha value is -1.95. The second-order valence-electron chi connectivity index (χ2n) is 4.74. The predicted octanol–water partition coefficient (Wildman–Crippen LogP) is 0.714. The highest BCUT2D eigenvalue weighted by Crippen LogP contribution is 2.20. The van der Waals surface area contributed by atoms with Crippen molar-refractivity contribution in [3.63, 3.8) is 0 Å². The third-order valence-electron chi connectivity index (χ3n) is 3.49. The van der Waals surface area contributed by atoms with Crippen molar-refractivity contribution in [1.82, 2.24) is 19.7 Å². The molecule has 0 aromatic carbocycles. The summed E-state index contributed by atoms with van der Waals surface area (Å²) in [5.74, 6) is 1.98. The average molecular weight is 258 g/mol. The molecule has 0 amide bonds. The van der Waals surface area contributed by atoms with E-state index in [1.165, 1.54) is 0 Å². The molecule has 1 aliphatic heterocycles. The Kier molecular flexibility index (Phi) is 3.16. The number of fused-ring (bicyclic) bond motifs is 1. The molecule has 6 nitrogen and oxygen atoms in total. The Labute approximate surface area is 112 Å². The second kappa shape index (κ2) is 4.97. The normalized spacial score (nSPS) is 14.5. The highest BCUT2D eigenvalue weighted by Gasteiger charge is 2.19. The first-order chi connectivity index (χ1) is 9.30. The molecule has 0 bridgehead atoms. The number of anilines is 1. The molecule has 2 aromatic rings. The van der Waals surface area contributed by atoms with Gasteiger partial charge in [-0.25, -0.2) is 4.98 Å². The summed E-state index contributed by atoms with van der Waals surface area (Å²) in [5.41, 5.74) is 7.98. The molecule has 0 saturated heterocycles. The lowest BCUT2D eigenvalue weighted by atomic mass is 10.2. The van der Waals surface area contributed by atoms with Crippen molar-refractivity contribution < 1.29 is 0 Å². The van der Waals surface area contributed by atoms with Gasteiger partial charge < -0.3 is 15.2 Å². The smallest absolute Gasteiger partial charge is 0.152 e. The van der Waals surface area contributed by atoms with Crippen molar-refractivity contribution in [2.24, 2.45) is 5.73 Å². The van der Waals surface area contributed by atoms with E-state index < -0.39 is 0 Å². The third-order valence-corrected chi connectivity index (χ3v) is 3.49. The number of hydrogen-bond donors (Lipinski definition) is 1. The molecule has 100 valence electrons. The van der Waals surface area contributed by atoms with Crippen molar-refractivity contribution in [2.45, 2.75) is 33.0 Å². The molecule has 0 saturated carbocycles. The molecule has 19 heavy (non-hydrogen) atoms. The monoisotopic (exact) mass is 258 g/mol. The predicted molar refractivity (Wildman–Crippen MR) is 72.6 cm³/mol. The lowest BCUT2D eigenvalue weighted by Crippen LogP contribution is -2.34. The van der Waals surface area contributed by atoms with Gasteiger partial charge in [-0.3, -0.25) is 0 Å². The van der Waals surface area contributed by atoms with Crippen LogP contribution in [-0.4, -0.2) is 26.3 Å². The van der Waals surface area contributed by atoms with Crippen molar-refractivity contribution >= 4 is 5.82 Å². The molecule has 6 heteroatoms. The fourth-order valence-corrected chi connectivity index (χ4v) is 2.36. The van der Waals surface area contributed by atoms with Crippen LogP contribution in [0.4, 0.5) is 5.82 Å². The first kappa shape index (κ1) is 12.1. The Balaban J connectivity index is 1.90. The molecule has 0 radical (unpaired) electrons. The number of rotatable bonds is 3. The molecule has 2 aromatic heterocycles. The summed E-state index contributed by atoms with van der Waals surface area (Å²) < 4.78 is 2.09. The number of nitrogens with two attached hydrogens (primary N) is 1. The minimum absolute atomic E-state index is 0.548. The van der Waals surface area contributed by atoms with E-state index in [1.807, 2.05) is 0 Å². The zero-order valence-corrected chi connectivity index (χ0v) is 11.1. The van der Waals surface area contributed by atoms with Gasteiger partial charge in [0.15, 0.2) is 5.82 Å². The maximum Gasteiger partial charge on any atom is 0.152 e. The van der Waals surface area contributed by atoms with E-state index in [1.54, 1.807) is 6.33 Å². The van der Waals surface area contributed by atoms with Gasteiger partial charge in [0, 0.05) is 25.3 Å². The Bertz CT molecular complexity index is 554. The van der Waals surface area contributed by atoms with E-state index in [4.69, 9.17) is 10.7 Å². The molecule has 0 fully saturated rings. The van der Waals surface area contributed by atoms with E-state index in [-0.39, 0.29) is 0 Å². The van der Waals surface area contributed by atoms with Gasteiger partial charge in [-0.05, 0) is 24.1 Å². The number of nitrogens with zero attached hydrogens (tertiary/aromatic N) is 5. The van der Waals surface area contributed by atoms with Crippen LogP contribution < -0.4 is 10.6 Å². The SMILES string of the molecule is CCc1cc(CN)cc(N2CCn3cnnc3C2)n1. The van der Waals surface area contributed by atoms with E-state index in [2.05, 4.69) is 38.7 Å². The summed E-state index contributed by atoms with van der Waals surface area (Å²) in [6.45, 7) is 5.24. The zero-order valence-electron chi connectivity index (χ0n) is 11.1. The van der Waals surface area contributed by atoms with Gasteiger partial charge in [-0.1, -0.05) is 6.92 Å². The van der Waals surface area contributed by atoms with Crippen LogP contribution in [0, 0.1) is 0 Å². The van der Waals surface area contributed by atoms with Crippen molar-refractivity contribution in [3.8, 4) is 0 Å². The number of hydrogen-bond acceptors (Lipinski definition) is 5. The van der Waals surface area contributed by atoms with Crippen LogP contribution in [0.3, 0.4) is 0 Å². The van der Waals surface area contributed by atoms with E-state index >= 15 is 0 Å². The lowest BCUT2D eigenvalue weighted by molar-refractivity contribution is 0.555. The largest absolute Gasteiger partial charge is 0.347 e. The van der Waals surface area contributed by atoms with Crippen LogP contribution >= 0.6 is 0 Å². The summed E-state index contributed by atoms with van der Waals surface area (Å²) in [5, 5.41) is 8.08. The fourth-order valence-electron chi connectivity index (χ4n) is 2.36. The standard InChI is InChI=1S/C13H18N6/c1-2-11-5-10(7-14)6-12(16-11)18-3-4-19-9-15-17-13(19)8-18/h5-6,9H,2-4,7-8,14H2,1H3. The van der Waals surface area contributed by atoms with Crippen LogP contribution in [0.1, 0.15) is 24.0 Å². The molecule has 2 N–H and O–H groups in total. The molecule has 1 aliphatic rings. The summed E-state index contributed by atoms with van der Waals surface area (Å²) >= 11 is 0. The Morgan fingerprint density at radius 1 is 1.32 bits per heavy atom. The summed E-state index contributed by atoms with van der Waals surface area (Å²) in [4.78, 5) is 6.93. The first-order valence-corrected chi connectivity index (χ1v) is 6.61. The Morgan fingerprint density at radius 3 is 3.00 bits per heavy atom. The second-order valence-corrected chi connectivity index (χ2v) is 4.74. The van der Waals surface area contributed by atoms with Crippen LogP contribution in [0.25, 0.3) is 0 Å².